The molecule has 0 bridgehead atoms. The lowest BCUT2D eigenvalue weighted by molar-refractivity contribution is -0.121. The average molecular weight is 280 g/mol. The van der Waals surface area contributed by atoms with Crippen LogP contribution in [-0.4, -0.2) is 49.6 Å². The first-order chi connectivity index (χ1) is 9.25. The van der Waals surface area contributed by atoms with Crippen molar-refractivity contribution in [2.45, 2.75) is 12.5 Å². The van der Waals surface area contributed by atoms with Crippen molar-refractivity contribution in [3.8, 4) is 0 Å². The summed E-state index contributed by atoms with van der Waals surface area (Å²) in [6.07, 6.45) is 0.918. The highest BCUT2D eigenvalue weighted by atomic mass is 35.5. The van der Waals surface area contributed by atoms with Crippen LogP contribution >= 0.6 is 11.6 Å². The highest BCUT2D eigenvalue weighted by Gasteiger charge is 2.36. The fourth-order valence-corrected chi connectivity index (χ4v) is 3.00. The van der Waals surface area contributed by atoms with E-state index < -0.39 is 0 Å². The summed E-state index contributed by atoms with van der Waals surface area (Å²) in [6.45, 7) is 4.68. The Labute approximate surface area is 118 Å². The van der Waals surface area contributed by atoms with Gasteiger partial charge >= 0.3 is 0 Å². The van der Waals surface area contributed by atoms with E-state index in [0.717, 1.165) is 44.8 Å². The van der Waals surface area contributed by atoms with Crippen molar-refractivity contribution in [1.82, 2.24) is 10.2 Å². The molecule has 0 radical (unpaired) electrons. The number of halogens is 1. The van der Waals surface area contributed by atoms with E-state index in [1.165, 1.54) is 0 Å². The van der Waals surface area contributed by atoms with Crippen LogP contribution in [0.4, 0.5) is 5.69 Å². The summed E-state index contributed by atoms with van der Waals surface area (Å²) >= 11 is 5.89. The highest BCUT2D eigenvalue weighted by molar-refractivity contribution is 6.30. The van der Waals surface area contributed by atoms with Crippen molar-refractivity contribution in [2.24, 2.45) is 0 Å². The lowest BCUT2D eigenvalue weighted by Gasteiger charge is -2.31. The van der Waals surface area contributed by atoms with Gasteiger partial charge in [0.15, 0.2) is 0 Å². The van der Waals surface area contributed by atoms with Gasteiger partial charge in [-0.15, -0.1) is 0 Å². The number of nitrogens with one attached hydrogen (secondary N) is 1. The molecule has 0 aromatic heterocycles. The van der Waals surface area contributed by atoms with E-state index in [9.17, 15) is 4.79 Å². The van der Waals surface area contributed by atoms with Gasteiger partial charge in [0.25, 0.3) is 0 Å². The molecule has 1 aromatic carbocycles. The second-order valence-corrected chi connectivity index (χ2v) is 5.49. The lowest BCUT2D eigenvalue weighted by Crippen LogP contribution is -2.51. The van der Waals surface area contributed by atoms with Crippen LogP contribution in [0.2, 0.25) is 5.02 Å². The van der Waals surface area contributed by atoms with Gasteiger partial charge in [-0.2, -0.15) is 0 Å². The molecule has 1 N–H and O–H groups in total. The molecular formula is C14H18ClN3O. The van der Waals surface area contributed by atoms with Crippen LogP contribution in [0.25, 0.3) is 0 Å². The van der Waals surface area contributed by atoms with Crippen LogP contribution in [0.15, 0.2) is 24.3 Å². The predicted octanol–water partition coefficient (Wildman–Crippen LogP) is 1.35. The molecule has 1 aromatic rings. The summed E-state index contributed by atoms with van der Waals surface area (Å²) in [7, 11) is 0. The van der Waals surface area contributed by atoms with Crippen LogP contribution in [-0.2, 0) is 4.79 Å². The number of nitrogens with zero attached hydrogens (tertiary/aromatic N) is 2. The van der Waals surface area contributed by atoms with Gasteiger partial charge in [0, 0.05) is 43.4 Å². The maximum atomic E-state index is 12.5. The lowest BCUT2D eigenvalue weighted by atomic mass is 10.2. The Morgan fingerprint density at radius 2 is 1.79 bits per heavy atom. The molecule has 1 atom stereocenters. The average Bonchev–Trinajstić information content (AvgIpc) is 2.83. The van der Waals surface area contributed by atoms with E-state index in [1.807, 2.05) is 29.2 Å². The second kappa shape index (κ2) is 5.49. The Morgan fingerprint density at radius 3 is 2.47 bits per heavy atom. The Hall–Kier alpha value is -1.10. The largest absolute Gasteiger partial charge is 0.314 e. The first-order valence-electron chi connectivity index (χ1n) is 6.77. The van der Waals surface area contributed by atoms with Crippen molar-refractivity contribution < 1.29 is 4.79 Å². The maximum absolute atomic E-state index is 12.5. The maximum Gasteiger partial charge on any atom is 0.244 e. The minimum Gasteiger partial charge on any atom is -0.314 e. The van der Waals surface area contributed by atoms with Gasteiger partial charge in [-0.3, -0.25) is 9.69 Å². The Kier molecular flexibility index (Phi) is 3.73. The van der Waals surface area contributed by atoms with Crippen molar-refractivity contribution >= 4 is 23.2 Å². The molecule has 2 heterocycles. The molecule has 0 saturated carbocycles. The second-order valence-electron chi connectivity index (χ2n) is 5.06. The van der Waals surface area contributed by atoms with E-state index in [4.69, 9.17) is 11.6 Å². The zero-order valence-electron chi connectivity index (χ0n) is 10.8. The van der Waals surface area contributed by atoms with E-state index in [1.54, 1.807) is 0 Å². The zero-order chi connectivity index (χ0) is 13.2. The molecule has 102 valence electrons. The fraction of sp³-hybridized carbons (Fsp3) is 0.500. The van der Waals surface area contributed by atoms with Crippen LogP contribution in [0.3, 0.4) is 0 Å². The number of benzene rings is 1. The minimum atomic E-state index is 0.0535. The molecule has 2 fully saturated rings. The highest BCUT2D eigenvalue weighted by Crippen LogP contribution is 2.25. The number of anilines is 1. The minimum absolute atomic E-state index is 0.0535. The molecule has 5 heteroatoms. The molecule has 0 spiro atoms. The number of piperazine rings is 1. The Bertz CT molecular complexity index is 456. The number of carbonyl (C=O) groups excluding carboxylic acids is 1. The Balaban J connectivity index is 1.72. The Morgan fingerprint density at radius 1 is 1.11 bits per heavy atom. The molecular weight excluding hydrogens is 262 g/mol. The standard InChI is InChI=1S/C14H18ClN3O/c15-11-1-3-12(4-2-11)18-8-5-13(14(18)19)17-9-6-16-7-10-17/h1-4,13,16H,5-10H2. The molecule has 1 amide bonds. The van der Waals surface area contributed by atoms with Gasteiger partial charge in [-0.05, 0) is 30.7 Å². The molecule has 2 saturated heterocycles. The molecule has 19 heavy (non-hydrogen) atoms. The predicted molar refractivity (Wildman–Crippen MR) is 76.7 cm³/mol. The summed E-state index contributed by atoms with van der Waals surface area (Å²) < 4.78 is 0. The number of carbonyl (C=O) groups is 1. The van der Waals surface area contributed by atoms with Gasteiger partial charge in [-0.1, -0.05) is 11.6 Å². The van der Waals surface area contributed by atoms with Crippen LogP contribution in [0, 0.1) is 0 Å². The van der Waals surface area contributed by atoms with Crippen molar-refractivity contribution in [3.05, 3.63) is 29.3 Å². The van der Waals surface area contributed by atoms with E-state index in [0.29, 0.717) is 5.02 Å². The summed E-state index contributed by atoms with van der Waals surface area (Å²) in [6, 6.07) is 7.56. The molecule has 3 rings (SSSR count). The zero-order valence-corrected chi connectivity index (χ0v) is 11.6. The van der Waals surface area contributed by atoms with Crippen LogP contribution < -0.4 is 10.2 Å². The first kappa shape index (κ1) is 12.9. The smallest absolute Gasteiger partial charge is 0.244 e. The molecule has 0 aliphatic carbocycles. The van der Waals surface area contributed by atoms with Gasteiger partial charge in [-0.25, -0.2) is 0 Å². The molecule has 2 aliphatic rings. The quantitative estimate of drug-likeness (QED) is 0.888. The topological polar surface area (TPSA) is 35.6 Å². The van der Waals surface area contributed by atoms with Crippen molar-refractivity contribution in [1.29, 1.82) is 0 Å². The SMILES string of the molecule is O=C1C(N2CCNCC2)CCN1c1ccc(Cl)cc1. The van der Waals surface area contributed by atoms with Gasteiger partial charge in [0.05, 0.1) is 6.04 Å². The summed E-state index contributed by atoms with van der Waals surface area (Å²) in [4.78, 5) is 16.7. The van der Waals surface area contributed by atoms with Crippen LogP contribution in [0.5, 0.6) is 0 Å². The number of amides is 1. The van der Waals surface area contributed by atoms with Crippen LogP contribution in [0.1, 0.15) is 6.42 Å². The molecule has 2 aliphatic heterocycles. The number of hydrogen-bond acceptors (Lipinski definition) is 3. The van der Waals surface area contributed by atoms with E-state index in [-0.39, 0.29) is 11.9 Å². The van der Waals surface area contributed by atoms with Gasteiger partial charge < -0.3 is 10.2 Å². The summed E-state index contributed by atoms with van der Waals surface area (Å²) in [5.74, 6) is 0.226. The third-order valence-electron chi connectivity index (χ3n) is 3.91. The molecule has 4 nitrogen and oxygen atoms in total. The first-order valence-corrected chi connectivity index (χ1v) is 7.15. The van der Waals surface area contributed by atoms with Crippen molar-refractivity contribution in [3.63, 3.8) is 0 Å². The van der Waals surface area contributed by atoms with Gasteiger partial charge in [0.1, 0.15) is 0 Å². The number of hydrogen-bond donors (Lipinski definition) is 1. The number of rotatable bonds is 2. The summed E-state index contributed by atoms with van der Waals surface area (Å²) in [5.41, 5.74) is 0.951. The normalized spacial score (nSPS) is 25.0. The fourth-order valence-electron chi connectivity index (χ4n) is 2.87. The summed E-state index contributed by atoms with van der Waals surface area (Å²) in [5, 5.41) is 4.02. The monoisotopic (exact) mass is 279 g/mol. The van der Waals surface area contributed by atoms with E-state index >= 15 is 0 Å². The van der Waals surface area contributed by atoms with Gasteiger partial charge in [0.2, 0.25) is 5.91 Å². The third-order valence-corrected chi connectivity index (χ3v) is 4.16. The van der Waals surface area contributed by atoms with E-state index in [2.05, 4.69) is 10.2 Å². The third kappa shape index (κ3) is 2.61. The van der Waals surface area contributed by atoms with Crippen molar-refractivity contribution in [2.75, 3.05) is 37.6 Å². The molecule has 1 unspecified atom stereocenters.